The Labute approximate surface area is 177 Å². The second-order valence-electron chi connectivity index (χ2n) is 7.32. The van der Waals surface area contributed by atoms with Crippen LogP contribution in [0, 0.1) is 5.92 Å². The van der Waals surface area contributed by atoms with Crippen molar-refractivity contribution in [2.45, 2.75) is 45.5 Å². The van der Waals surface area contributed by atoms with Gasteiger partial charge in [-0.05, 0) is 39.3 Å². The third-order valence-electron chi connectivity index (χ3n) is 5.29. The largest absolute Gasteiger partial charge is 0.463 e. The van der Waals surface area contributed by atoms with Gasteiger partial charge >= 0.3 is 18.1 Å². The summed E-state index contributed by atoms with van der Waals surface area (Å²) in [5, 5.41) is 6.81. The molecule has 0 aromatic heterocycles. The van der Waals surface area contributed by atoms with Crippen LogP contribution in [0.4, 0.5) is 13.2 Å². The molecule has 0 saturated heterocycles. The number of nitrogens with one attached hydrogen (secondary N) is 1. The third kappa shape index (κ3) is 3.98. The number of benzene rings is 1. The molecule has 0 unspecified atom stereocenters. The van der Waals surface area contributed by atoms with Gasteiger partial charge in [0, 0.05) is 11.6 Å². The maximum Gasteiger partial charge on any atom is 0.416 e. The van der Waals surface area contributed by atoms with Crippen LogP contribution in [0.25, 0.3) is 0 Å². The Morgan fingerprint density at radius 1 is 1.16 bits per heavy atom. The molecular formula is C21H23F3N2O5. The van der Waals surface area contributed by atoms with Crippen molar-refractivity contribution in [3.63, 3.8) is 0 Å². The number of alkyl halides is 3. The Hall–Kier alpha value is -3.04. The maximum absolute atomic E-state index is 13.9. The number of allylic oxidation sites excluding steroid dienone is 1. The molecule has 3 rings (SSSR count). The first-order valence-electron chi connectivity index (χ1n) is 9.80. The molecule has 2 heterocycles. The SMILES string of the molecule is CCOC(=O)C1=NO[C@@]2(C)NC(C)=C(C(=O)OCC)[C@H](c3ccccc3C(F)(F)F)[C@@H]12. The fraction of sp³-hybridized carbons (Fsp3) is 0.476. The molecule has 0 amide bonds. The fourth-order valence-corrected chi connectivity index (χ4v) is 4.15. The van der Waals surface area contributed by atoms with Gasteiger partial charge in [-0.25, -0.2) is 9.59 Å². The van der Waals surface area contributed by atoms with Gasteiger partial charge in [-0.3, -0.25) is 0 Å². The Morgan fingerprint density at radius 3 is 2.39 bits per heavy atom. The number of oxime groups is 1. The molecule has 1 N–H and O–H groups in total. The number of nitrogens with zero attached hydrogens (tertiary/aromatic N) is 1. The lowest BCUT2D eigenvalue weighted by Gasteiger charge is -2.42. The van der Waals surface area contributed by atoms with E-state index in [0.29, 0.717) is 0 Å². The van der Waals surface area contributed by atoms with Crippen LogP contribution in [-0.4, -0.2) is 36.6 Å². The average molecular weight is 440 g/mol. The first-order chi connectivity index (χ1) is 14.5. The van der Waals surface area contributed by atoms with Crippen molar-refractivity contribution in [2.75, 3.05) is 13.2 Å². The zero-order valence-corrected chi connectivity index (χ0v) is 17.5. The van der Waals surface area contributed by atoms with Gasteiger partial charge in [0.05, 0.1) is 30.3 Å². The number of carbonyl (C=O) groups excluding carboxylic acids is 2. The number of halogens is 3. The van der Waals surface area contributed by atoms with E-state index >= 15 is 0 Å². The van der Waals surface area contributed by atoms with Crippen molar-refractivity contribution in [1.82, 2.24) is 5.32 Å². The summed E-state index contributed by atoms with van der Waals surface area (Å²) < 4.78 is 51.9. The van der Waals surface area contributed by atoms with E-state index < -0.39 is 41.2 Å². The van der Waals surface area contributed by atoms with Crippen LogP contribution in [0.2, 0.25) is 0 Å². The first-order valence-corrected chi connectivity index (χ1v) is 9.80. The van der Waals surface area contributed by atoms with E-state index in [1.807, 2.05) is 0 Å². The Kier molecular flexibility index (Phi) is 6.02. The number of ether oxygens (including phenoxy) is 2. The minimum Gasteiger partial charge on any atom is -0.463 e. The Balaban J connectivity index is 2.27. The maximum atomic E-state index is 13.9. The molecule has 2 aliphatic rings. The molecule has 168 valence electrons. The highest BCUT2D eigenvalue weighted by Crippen LogP contribution is 2.50. The highest BCUT2D eigenvalue weighted by Gasteiger charge is 2.58. The third-order valence-corrected chi connectivity index (χ3v) is 5.29. The van der Waals surface area contributed by atoms with Crippen LogP contribution in [0.3, 0.4) is 0 Å². The molecule has 0 spiro atoms. The van der Waals surface area contributed by atoms with E-state index in [0.717, 1.165) is 6.07 Å². The summed E-state index contributed by atoms with van der Waals surface area (Å²) in [6.45, 7) is 6.36. The monoisotopic (exact) mass is 440 g/mol. The van der Waals surface area contributed by atoms with Gasteiger partial charge in [-0.1, -0.05) is 23.4 Å². The zero-order chi connectivity index (χ0) is 23.0. The molecule has 1 aromatic rings. The standard InChI is InChI=1S/C21H23F3N2O5/c1-5-29-18(27)14-11(3)25-20(4)16(17(26-31-20)19(28)30-6-2)15(14)12-9-7-8-10-13(12)21(22,23)24/h7-10,15-16,25H,5-6H2,1-4H3/t15-,16-,20+/m0/s1. The van der Waals surface area contributed by atoms with E-state index in [9.17, 15) is 22.8 Å². The lowest BCUT2D eigenvalue weighted by Crippen LogP contribution is -2.56. The van der Waals surface area contributed by atoms with Gasteiger partial charge in [0.1, 0.15) is 0 Å². The molecule has 2 aliphatic heterocycles. The highest BCUT2D eigenvalue weighted by atomic mass is 19.4. The molecule has 0 radical (unpaired) electrons. The summed E-state index contributed by atoms with van der Waals surface area (Å²) in [6, 6.07) is 4.92. The summed E-state index contributed by atoms with van der Waals surface area (Å²) in [7, 11) is 0. The van der Waals surface area contributed by atoms with Crippen molar-refractivity contribution in [3.8, 4) is 0 Å². The minimum atomic E-state index is -4.69. The zero-order valence-electron chi connectivity index (χ0n) is 17.5. The number of carbonyl (C=O) groups is 2. The van der Waals surface area contributed by atoms with Gasteiger partial charge in [0.2, 0.25) is 5.72 Å². The van der Waals surface area contributed by atoms with Crippen molar-refractivity contribution >= 4 is 17.7 Å². The van der Waals surface area contributed by atoms with Crippen LogP contribution in [0.5, 0.6) is 0 Å². The van der Waals surface area contributed by atoms with Crippen LogP contribution in [-0.2, 0) is 30.1 Å². The molecule has 0 fully saturated rings. The van der Waals surface area contributed by atoms with E-state index in [1.165, 1.54) is 18.2 Å². The van der Waals surface area contributed by atoms with Crippen LogP contribution < -0.4 is 5.32 Å². The molecular weight excluding hydrogens is 417 g/mol. The molecule has 0 bridgehead atoms. The van der Waals surface area contributed by atoms with Crippen molar-refractivity contribution in [2.24, 2.45) is 11.1 Å². The molecule has 31 heavy (non-hydrogen) atoms. The quantitative estimate of drug-likeness (QED) is 0.706. The summed E-state index contributed by atoms with van der Waals surface area (Å²) in [4.78, 5) is 30.9. The molecule has 10 heteroatoms. The smallest absolute Gasteiger partial charge is 0.416 e. The predicted octanol–water partition coefficient (Wildman–Crippen LogP) is 3.51. The van der Waals surface area contributed by atoms with Gasteiger partial charge in [0.15, 0.2) is 5.71 Å². The van der Waals surface area contributed by atoms with Crippen LogP contribution >= 0.6 is 0 Å². The van der Waals surface area contributed by atoms with Gasteiger partial charge in [0.25, 0.3) is 0 Å². The summed E-state index contributed by atoms with van der Waals surface area (Å²) in [6.07, 6.45) is -4.69. The Morgan fingerprint density at radius 2 is 1.77 bits per heavy atom. The van der Waals surface area contributed by atoms with Crippen molar-refractivity contribution in [3.05, 3.63) is 46.7 Å². The lowest BCUT2D eigenvalue weighted by atomic mass is 9.69. The van der Waals surface area contributed by atoms with Crippen LogP contribution in [0.1, 0.15) is 44.7 Å². The molecule has 0 saturated carbocycles. The summed E-state index contributed by atoms with van der Waals surface area (Å²) in [5.41, 5.74) is -2.42. The van der Waals surface area contributed by atoms with E-state index in [4.69, 9.17) is 14.3 Å². The topological polar surface area (TPSA) is 86.2 Å². The highest BCUT2D eigenvalue weighted by molar-refractivity contribution is 6.38. The van der Waals surface area contributed by atoms with Crippen LogP contribution in [0.15, 0.2) is 40.7 Å². The van der Waals surface area contributed by atoms with E-state index in [-0.39, 0.29) is 35.8 Å². The molecule has 3 atom stereocenters. The number of hydrogen-bond acceptors (Lipinski definition) is 7. The molecule has 7 nitrogen and oxygen atoms in total. The second-order valence-corrected chi connectivity index (χ2v) is 7.32. The number of fused-ring (bicyclic) bond motifs is 1. The van der Waals surface area contributed by atoms with Gasteiger partial charge in [-0.2, -0.15) is 13.2 Å². The van der Waals surface area contributed by atoms with Crippen molar-refractivity contribution < 1.29 is 37.1 Å². The predicted molar refractivity (Wildman–Crippen MR) is 104 cm³/mol. The average Bonchev–Trinajstić information content (AvgIpc) is 3.03. The van der Waals surface area contributed by atoms with Gasteiger partial charge < -0.3 is 19.6 Å². The molecule has 0 aliphatic carbocycles. The number of esters is 2. The number of hydrogen-bond donors (Lipinski definition) is 1. The van der Waals surface area contributed by atoms with Crippen molar-refractivity contribution in [1.29, 1.82) is 0 Å². The van der Waals surface area contributed by atoms with E-state index in [1.54, 1.807) is 27.7 Å². The lowest BCUT2D eigenvalue weighted by molar-refractivity contribution is -0.142. The van der Waals surface area contributed by atoms with Gasteiger partial charge in [-0.15, -0.1) is 0 Å². The normalized spacial score (nSPS) is 25.2. The fourth-order valence-electron chi connectivity index (χ4n) is 4.15. The second kappa shape index (κ2) is 8.24. The first kappa shape index (κ1) is 22.6. The summed E-state index contributed by atoms with van der Waals surface area (Å²) in [5.74, 6) is -3.89. The minimum absolute atomic E-state index is 0.0245. The molecule has 1 aromatic carbocycles. The number of rotatable bonds is 5. The van der Waals surface area contributed by atoms with E-state index in [2.05, 4.69) is 10.5 Å². The Bertz CT molecular complexity index is 957. The summed E-state index contributed by atoms with van der Waals surface area (Å²) >= 11 is 0.